The van der Waals surface area contributed by atoms with Gasteiger partial charge in [-0.3, -0.25) is 0 Å². The molecule has 0 bridgehead atoms. The minimum absolute atomic E-state index is 0.0782. The molecule has 0 saturated carbocycles. The van der Waals surface area contributed by atoms with Crippen molar-refractivity contribution in [2.24, 2.45) is 0 Å². The van der Waals surface area contributed by atoms with Crippen LogP contribution in [0.1, 0.15) is 150 Å². The van der Waals surface area contributed by atoms with Crippen molar-refractivity contribution >= 4 is 17.1 Å². The molecule has 1 heterocycles. The number of nitrogens with zero attached hydrogens (tertiary/aromatic N) is 1. The summed E-state index contributed by atoms with van der Waals surface area (Å²) < 4.78 is 7.64. The summed E-state index contributed by atoms with van der Waals surface area (Å²) in [4.78, 5) is 2.57. The van der Waals surface area contributed by atoms with Crippen molar-refractivity contribution in [3.63, 3.8) is 0 Å². The van der Waals surface area contributed by atoms with Gasteiger partial charge in [-0.25, -0.2) is 0 Å². The van der Waals surface area contributed by atoms with Crippen molar-refractivity contribution in [3.05, 3.63) is 328 Å². The monoisotopic (exact) mass is 1190 g/mol. The number of anilines is 3. The van der Waals surface area contributed by atoms with E-state index in [9.17, 15) is 0 Å². The van der Waals surface area contributed by atoms with Gasteiger partial charge in [0, 0.05) is 33.5 Å². The third kappa shape index (κ3) is 8.52. The number of rotatable bonds is 6. The summed E-state index contributed by atoms with van der Waals surface area (Å²) in [5.74, 6) is 1.74. The molecule has 3 aliphatic carbocycles. The predicted octanol–water partition coefficient (Wildman–Crippen LogP) is 24.2. The Kier molecular flexibility index (Phi) is 12.7. The van der Waals surface area contributed by atoms with Gasteiger partial charge in [0.15, 0.2) is 0 Å². The second-order valence-corrected chi connectivity index (χ2v) is 30.4. The van der Waals surface area contributed by atoms with Crippen molar-refractivity contribution in [3.8, 4) is 78.3 Å². The first-order valence-corrected chi connectivity index (χ1v) is 33.1. The number of ether oxygens (including phenoxy) is 1. The lowest BCUT2D eigenvalue weighted by atomic mass is 9.64. The van der Waals surface area contributed by atoms with Crippen molar-refractivity contribution in [2.75, 3.05) is 4.90 Å². The molecule has 450 valence electrons. The fourth-order valence-corrected chi connectivity index (χ4v) is 16.0. The Morgan fingerprint density at radius 1 is 0.250 bits per heavy atom. The lowest BCUT2D eigenvalue weighted by Gasteiger charge is -2.41. The molecule has 0 radical (unpaired) electrons. The van der Waals surface area contributed by atoms with Crippen LogP contribution in [0.3, 0.4) is 0 Å². The number of hydrogen-bond acceptors (Lipinski definition) is 2. The molecule has 2 nitrogen and oxygen atoms in total. The molecule has 0 aromatic heterocycles. The molecule has 12 aromatic carbocycles. The Morgan fingerprint density at radius 3 is 1.13 bits per heavy atom. The molecule has 2 heteroatoms. The molecule has 0 N–H and O–H groups in total. The second-order valence-electron chi connectivity index (χ2n) is 30.4. The minimum atomic E-state index is -0.697. The van der Waals surface area contributed by atoms with Crippen molar-refractivity contribution < 1.29 is 4.74 Å². The van der Waals surface area contributed by atoms with Crippen LogP contribution in [0.15, 0.2) is 261 Å². The van der Waals surface area contributed by atoms with Gasteiger partial charge in [-0.2, -0.15) is 0 Å². The molecular formula is C90H79NO. The molecule has 12 aromatic rings. The highest BCUT2D eigenvalue weighted by Gasteiger charge is 2.54. The molecule has 1 aliphatic heterocycles. The van der Waals surface area contributed by atoms with Gasteiger partial charge in [0.25, 0.3) is 0 Å². The smallest absolute Gasteiger partial charge is 0.140 e. The zero-order chi connectivity index (χ0) is 63.4. The lowest BCUT2D eigenvalue weighted by molar-refractivity contribution is 0.437. The normalized spacial score (nSPS) is 14.3. The van der Waals surface area contributed by atoms with Crippen LogP contribution in [0.5, 0.6) is 11.5 Å². The molecule has 4 aliphatic rings. The van der Waals surface area contributed by atoms with E-state index in [4.69, 9.17) is 4.74 Å². The number of para-hydroxylation sites is 4. The molecule has 92 heavy (non-hydrogen) atoms. The van der Waals surface area contributed by atoms with Crippen LogP contribution in [0.2, 0.25) is 0 Å². The topological polar surface area (TPSA) is 12.5 Å². The first-order chi connectivity index (χ1) is 44.1. The zero-order valence-electron chi connectivity index (χ0n) is 55.2. The highest BCUT2D eigenvalue weighted by molar-refractivity contribution is 6.00. The average molecular weight is 1190 g/mol. The Labute approximate surface area is 544 Å². The van der Waals surface area contributed by atoms with E-state index in [0.717, 1.165) is 61.9 Å². The van der Waals surface area contributed by atoms with E-state index in [2.05, 4.69) is 349 Å². The summed E-state index contributed by atoms with van der Waals surface area (Å²) in [6.07, 6.45) is 0. The molecule has 0 saturated heterocycles. The summed E-state index contributed by atoms with van der Waals surface area (Å²) in [5, 5.41) is 0. The van der Waals surface area contributed by atoms with Gasteiger partial charge in [-0.05, 0) is 158 Å². The maximum absolute atomic E-state index is 7.64. The lowest BCUT2D eigenvalue weighted by Crippen LogP contribution is -2.33. The molecule has 2 spiro atoms. The van der Waals surface area contributed by atoms with Crippen LogP contribution in [0, 0.1) is 0 Å². The fraction of sp³-hybridized carbons (Fsp3) is 0.200. The van der Waals surface area contributed by atoms with Gasteiger partial charge >= 0.3 is 0 Å². The van der Waals surface area contributed by atoms with Crippen molar-refractivity contribution in [1.29, 1.82) is 0 Å². The summed E-state index contributed by atoms with van der Waals surface area (Å²) in [6, 6.07) is 99.8. The molecule has 0 amide bonds. The Morgan fingerprint density at radius 2 is 0.609 bits per heavy atom. The Hall–Kier alpha value is -9.76. The van der Waals surface area contributed by atoms with E-state index in [1.54, 1.807) is 0 Å². The molecule has 0 unspecified atom stereocenters. The van der Waals surface area contributed by atoms with E-state index >= 15 is 0 Å². The second kappa shape index (κ2) is 20.4. The summed E-state index contributed by atoms with van der Waals surface area (Å²) in [6.45, 7) is 28.1. The zero-order valence-corrected chi connectivity index (χ0v) is 55.2. The summed E-state index contributed by atoms with van der Waals surface area (Å²) in [5.41, 5.74) is 31.5. The van der Waals surface area contributed by atoms with Crippen molar-refractivity contribution in [1.82, 2.24) is 0 Å². The van der Waals surface area contributed by atoms with Crippen LogP contribution < -0.4 is 9.64 Å². The maximum Gasteiger partial charge on any atom is 0.140 e. The third-order valence-corrected chi connectivity index (χ3v) is 20.8. The van der Waals surface area contributed by atoms with E-state index in [1.165, 1.54) is 100 Å². The average Bonchev–Trinajstić information content (AvgIpc) is 1.45. The summed E-state index contributed by atoms with van der Waals surface area (Å²) in [7, 11) is 0. The Bertz CT molecular complexity index is 4860. The predicted molar refractivity (Wildman–Crippen MR) is 386 cm³/mol. The molecule has 0 fully saturated rings. The quantitative estimate of drug-likeness (QED) is 0.165. The first-order valence-electron chi connectivity index (χ1n) is 33.1. The minimum Gasteiger partial charge on any atom is -0.456 e. The standard InChI is InChI=1S/C90H79NO/c1-85(2,3)59-41-46-66-67-47-42-60(86(4,5)6)52-77(67)89(76(66)51-59)73-31-19-16-28-65(73)70-50-45-63(55-80(70)89)91(81-34-21-17-27-64(81)58-39-37-57(38-40-58)56-25-14-13-15-26-56)82-35-22-18-29-71(82)72-30-24-33-75-84(72)92-83-36-23-20-32-74(83)90(75)78-53-61(87(7,8)9)43-48-68(78)69-49-44-62(54-79(69)90)88(10,11)12/h13-55H,1-12H3. The fourth-order valence-electron chi connectivity index (χ4n) is 16.0. The number of hydrogen-bond donors (Lipinski definition) is 0. The van der Waals surface area contributed by atoms with Crippen LogP contribution in [-0.2, 0) is 32.5 Å². The third-order valence-electron chi connectivity index (χ3n) is 20.8. The van der Waals surface area contributed by atoms with E-state index < -0.39 is 10.8 Å². The maximum atomic E-state index is 7.64. The largest absolute Gasteiger partial charge is 0.456 e. The van der Waals surface area contributed by atoms with Gasteiger partial charge in [0.05, 0.1) is 22.2 Å². The van der Waals surface area contributed by atoms with Gasteiger partial charge in [-0.15, -0.1) is 0 Å². The van der Waals surface area contributed by atoms with Crippen molar-refractivity contribution in [2.45, 2.75) is 116 Å². The van der Waals surface area contributed by atoms with Gasteiger partial charge in [0.2, 0.25) is 0 Å². The highest BCUT2D eigenvalue weighted by atomic mass is 16.5. The molecule has 16 rings (SSSR count). The molecular weight excluding hydrogens is 1110 g/mol. The van der Waals surface area contributed by atoms with Gasteiger partial charge in [-0.1, -0.05) is 314 Å². The van der Waals surface area contributed by atoms with Crippen LogP contribution in [-0.4, -0.2) is 0 Å². The Balaban J connectivity index is 0.977. The van der Waals surface area contributed by atoms with Crippen LogP contribution in [0.25, 0.3) is 66.8 Å². The molecule has 0 atom stereocenters. The number of fused-ring (bicyclic) bond motifs is 19. The van der Waals surface area contributed by atoms with E-state index in [-0.39, 0.29) is 21.7 Å². The van der Waals surface area contributed by atoms with E-state index in [0.29, 0.717) is 0 Å². The summed E-state index contributed by atoms with van der Waals surface area (Å²) >= 11 is 0. The number of benzene rings is 12. The van der Waals surface area contributed by atoms with Gasteiger partial charge < -0.3 is 9.64 Å². The van der Waals surface area contributed by atoms with Crippen LogP contribution >= 0.6 is 0 Å². The first kappa shape index (κ1) is 57.4. The highest BCUT2D eigenvalue weighted by Crippen LogP contribution is 2.67. The van der Waals surface area contributed by atoms with Gasteiger partial charge in [0.1, 0.15) is 11.5 Å². The van der Waals surface area contributed by atoms with Crippen LogP contribution in [0.4, 0.5) is 17.1 Å². The van der Waals surface area contributed by atoms with E-state index in [1.807, 2.05) is 0 Å². The SMILES string of the molecule is CC(C)(C)c1ccc2c(c1)C1(c3ccccc3-c3ccc(N(c4ccccc4-c4ccc(-c5ccccc5)cc4)c4ccccc4-c4cccc5c4Oc4ccccc4C54c5cc(C(C)(C)C)ccc5-c5ccc(C(C)(C)C)cc54)cc31)c1cc(C(C)(C)C)ccc1-2.